The molecule has 0 radical (unpaired) electrons. The fraction of sp³-hybridized carbons (Fsp3) is 0.286. The molecule has 1 N–H and O–H groups in total. The molecule has 1 aromatic heterocycles. The summed E-state index contributed by atoms with van der Waals surface area (Å²) in [5.74, 6) is -0.526. The standard InChI is InChI=1S/C21H23N5O3/c1-3-29-20(28)14-19(26(15(2)27)21-22-24-25-23-21)13-16-9-11-18(12-10-16)17-7-5-4-6-8-17/h4-12,19H,3,13-14H2,1-2H3,(H,22,23,24,25)/t19-/m1/s1. The third-order valence-corrected chi connectivity index (χ3v) is 4.49. The quantitative estimate of drug-likeness (QED) is 0.591. The molecule has 0 aliphatic heterocycles. The van der Waals surface area contributed by atoms with Crippen LogP contribution >= 0.6 is 0 Å². The summed E-state index contributed by atoms with van der Waals surface area (Å²) in [6, 6.07) is 17.6. The maximum Gasteiger partial charge on any atom is 0.307 e. The van der Waals surface area contributed by atoms with Crippen LogP contribution in [0.25, 0.3) is 11.1 Å². The van der Waals surface area contributed by atoms with Crippen molar-refractivity contribution in [2.24, 2.45) is 0 Å². The van der Waals surface area contributed by atoms with E-state index in [4.69, 9.17) is 4.74 Å². The Morgan fingerprint density at radius 1 is 1.07 bits per heavy atom. The van der Waals surface area contributed by atoms with Gasteiger partial charge in [0.05, 0.1) is 19.1 Å². The van der Waals surface area contributed by atoms with Crippen molar-refractivity contribution < 1.29 is 14.3 Å². The number of aromatic nitrogens is 4. The number of benzene rings is 2. The summed E-state index contributed by atoms with van der Waals surface area (Å²) in [5.41, 5.74) is 3.20. The molecule has 0 saturated heterocycles. The number of rotatable bonds is 8. The first kappa shape index (κ1) is 20.2. The van der Waals surface area contributed by atoms with Crippen molar-refractivity contribution in [1.29, 1.82) is 0 Å². The number of carbonyl (C=O) groups excluding carboxylic acids is 2. The number of hydrogen-bond donors (Lipinski definition) is 1. The van der Waals surface area contributed by atoms with E-state index in [1.165, 1.54) is 11.8 Å². The van der Waals surface area contributed by atoms with Crippen molar-refractivity contribution in [3.05, 3.63) is 60.2 Å². The molecule has 8 nitrogen and oxygen atoms in total. The third kappa shape index (κ3) is 5.25. The average molecular weight is 393 g/mol. The molecule has 0 aliphatic rings. The number of amides is 1. The molecule has 1 amide bonds. The summed E-state index contributed by atoms with van der Waals surface area (Å²) >= 11 is 0. The van der Waals surface area contributed by atoms with E-state index in [0.717, 1.165) is 16.7 Å². The van der Waals surface area contributed by atoms with Gasteiger partial charge in [-0.05, 0) is 35.2 Å². The van der Waals surface area contributed by atoms with E-state index in [-0.39, 0.29) is 30.9 Å². The fourth-order valence-corrected chi connectivity index (χ4v) is 3.22. The molecule has 0 spiro atoms. The van der Waals surface area contributed by atoms with E-state index in [1.54, 1.807) is 6.92 Å². The lowest BCUT2D eigenvalue weighted by Gasteiger charge is -2.27. The Labute approximate surface area is 168 Å². The van der Waals surface area contributed by atoms with Gasteiger partial charge in [0.15, 0.2) is 0 Å². The Balaban J connectivity index is 1.84. The normalized spacial score (nSPS) is 11.7. The second-order valence-electron chi connectivity index (χ2n) is 6.53. The highest BCUT2D eigenvalue weighted by molar-refractivity contribution is 5.91. The van der Waals surface area contributed by atoms with Crippen LogP contribution < -0.4 is 4.90 Å². The molecule has 8 heteroatoms. The molecule has 3 aromatic rings. The van der Waals surface area contributed by atoms with Gasteiger partial charge in [0.25, 0.3) is 5.95 Å². The highest BCUT2D eigenvalue weighted by Crippen LogP contribution is 2.22. The minimum Gasteiger partial charge on any atom is -0.466 e. The predicted molar refractivity (Wildman–Crippen MR) is 108 cm³/mol. The first-order chi connectivity index (χ1) is 14.1. The maximum absolute atomic E-state index is 12.3. The predicted octanol–water partition coefficient (Wildman–Crippen LogP) is 2.78. The molecule has 0 unspecified atom stereocenters. The van der Waals surface area contributed by atoms with Crippen molar-refractivity contribution in [2.45, 2.75) is 32.7 Å². The van der Waals surface area contributed by atoms with E-state index in [1.807, 2.05) is 54.6 Å². The molecule has 2 aromatic carbocycles. The number of tetrazole rings is 1. The maximum atomic E-state index is 12.3. The molecule has 29 heavy (non-hydrogen) atoms. The van der Waals surface area contributed by atoms with Crippen LogP contribution in [0.5, 0.6) is 0 Å². The number of anilines is 1. The lowest BCUT2D eigenvalue weighted by Crippen LogP contribution is -2.43. The summed E-state index contributed by atoms with van der Waals surface area (Å²) in [4.78, 5) is 25.8. The van der Waals surface area contributed by atoms with Gasteiger partial charge < -0.3 is 4.74 Å². The Kier molecular flexibility index (Phi) is 6.67. The van der Waals surface area contributed by atoms with Crippen LogP contribution in [0, 0.1) is 0 Å². The van der Waals surface area contributed by atoms with Crippen LogP contribution in [0.15, 0.2) is 54.6 Å². The van der Waals surface area contributed by atoms with Crippen molar-refractivity contribution in [3.63, 3.8) is 0 Å². The average Bonchev–Trinajstić information content (AvgIpc) is 3.23. The zero-order valence-corrected chi connectivity index (χ0v) is 16.4. The summed E-state index contributed by atoms with van der Waals surface area (Å²) < 4.78 is 5.09. The van der Waals surface area contributed by atoms with Crippen LogP contribution in [0.4, 0.5) is 5.95 Å². The van der Waals surface area contributed by atoms with Gasteiger partial charge in [0.2, 0.25) is 5.91 Å². The molecule has 0 fully saturated rings. The van der Waals surface area contributed by atoms with Crippen LogP contribution in [0.3, 0.4) is 0 Å². The molecule has 150 valence electrons. The molecular weight excluding hydrogens is 370 g/mol. The molecule has 0 bridgehead atoms. The molecule has 0 aliphatic carbocycles. The van der Waals surface area contributed by atoms with E-state index >= 15 is 0 Å². The summed E-state index contributed by atoms with van der Waals surface area (Å²) in [6.07, 6.45) is 0.477. The number of aromatic amines is 1. The van der Waals surface area contributed by atoms with Crippen LogP contribution in [0.2, 0.25) is 0 Å². The Morgan fingerprint density at radius 3 is 2.34 bits per heavy atom. The monoisotopic (exact) mass is 393 g/mol. The lowest BCUT2D eigenvalue weighted by molar-refractivity contribution is -0.143. The molecule has 1 atom stereocenters. The van der Waals surface area contributed by atoms with Gasteiger partial charge in [-0.2, -0.15) is 5.21 Å². The third-order valence-electron chi connectivity index (χ3n) is 4.49. The zero-order chi connectivity index (χ0) is 20.6. The summed E-state index contributed by atoms with van der Waals surface area (Å²) in [5, 5.41) is 13.7. The number of esters is 1. The minimum atomic E-state index is -0.494. The number of ether oxygens (including phenoxy) is 1. The second-order valence-corrected chi connectivity index (χ2v) is 6.53. The van der Waals surface area contributed by atoms with Gasteiger partial charge >= 0.3 is 5.97 Å². The first-order valence-corrected chi connectivity index (χ1v) is 9.41. The van der Waals surface area contributed by atoms with E-state index in [0.29, 0.717) is 6.42 Å². The molecule has 0 saturated carbocycles. The van der Waals surface area contributed by atoms with Gasteiger partial charge in [-0.3, -0.25) is 14.5 Å². The lowest BCUT2D eigenvalue weighted by atomic mass is 9.98. The number of nitrogens with zero attached hydrogens (tertiary/aromatic N) is 4. The molecule has 1 heterocycles. The molecule has 3 rings (SSSR count). The summed E-state index contributed by atoms with van der Waals surface area (Å²) in [7, 11) is 0. The van der Waals surface area contributed by atoms with Crippen LogP contribution in [-0.2, 0) is 20.7 Å². The zero-order valence-electron chi connectivity index (χ0n) is 16.4. The minimum absolute atomic E-state index is 0.0302. The second kappa shape index (κ2) is 9.59. The number of carbonyl (C=O) groups is 2. The van der Waals surface area contributed by atoms with Gasteiger partial charge in [0, 0.05) is 6.92 Å². The van der Waals surface area contributed by atoms with Crippen molar-refractivity contribution >= 4 is 17.8 Å². The smallest absolute Gasteiger partial charge is 0.307 e. The Hall–Kier alpha value is -3.55. The number of hydrogen-bond acceptors (Lipinski definition) is 6. The SMILES string of the molecule is CCOC(=O)C[C@@H](Cc1ccc(-c2ccccc2)cc1)N(C(C)=O)c1nn[nH]n1. The van der Waals surface area contributed by atoms with Crippen molar-refractivity contribution in [3.8, 4) is 11.1 Å². The van der Waals surface area contributed by atoms with Gasteiger partial charge in [-0.1, -0.05) is 59.7 Å². The topological polar surface area (TPSA) is 101 Å². The highest BCUT2D eigenvalue weighted by Gasteiger charge is 2.29. The molecular formula is C21H23N5O3. The van der Waals surface area contributed by atoms with Gasteiger partial charge in [0.1, 0.15) is 0 Å². The number of H-pyrrole nitrogens is 1. The van der Waals surface area contributed by atoms with E-state index in [9.17, 15) is 9.59 Å². The van der Waals surface area contributed by atoms with Crippen LogP contribution in [-0.4, -0.2) is 45.1 Å². The first-order valence-electron chi connectivity index (χ1n) is 9.41. The fourth-order valence-electron chi connectivity index (χ4n) is 3.22. The number of nitrogens with one attached hydrogen (secondary N) is 1. The van der Waals surface area contributed by atoms with Gasteiger partial charge in [-0.25, -0.2) is 0 Å². The van der Waals surface area contributed by atoms with E-state index < -0.39 is 6.04 Å². The Bertz CT molecular complexity index is 927. The van der Waals surface area contributed by atoms with Crippen LogP contribution in [0.1, 0.15) is 25.8 Å². The summed E-state index contributed by atoms with van der Waals surface area (Å²) in [6.45, 7) is 3.43. The van der Waals surface area contributed by atoms with Crippen molar-refractivity contribution in [2.75, 3.05) is 11.5 Å². The van der Waals surface area contributed by atoms with Gasteiger partial charge in [-0.15, -0.1) is 5.10 Å². The van der Waals surface area contributed by atoms with Crippen molar-refractivity contribution in [1.82, 2.24) is 20.6 Å². The van der Waals surface area contributed by atoms with E-state index in [2.05, 4.69) is 20.6 Å². The Morgan fingerprint density at radius 2 is 1.76 bits per heavy atom. The largest absolute Gasteiger partial charge is 0.466 e. The highest BCUT2D eigenvalue weighted by atomic mass is 16.5.